The zero-order chi connectivity index (χ0) is 28.5. The van der Waals surface area contributed by atoms with Gasteiger partial charge in [-0.3, -0.25) is 4.79 Å². The average Bonchev–Trinajstić information content (AvgIpc) is 3.18. The highest BCUT2D eigenvalue weighted by molar-refractivity contribution is 8.00. The SMILES string of the molecule is CNc1cc(C(C)C2(C(C)c3ccnc(NC)c3)NC(=O)N(c3ccc(SC(F)(F)F)c(Cl)c3)C2=O)ccn1. The fraction of sp³-hybridized carbons (Fsp3) is 0.308. The van der Waals surface area contributed by atoms with Crippen LogP contribution in [0.15, 0.2) is 59.8 Å². The smallest absolute Gasteiger partial charge is 0.373 e. The number of pyridine rings is 2. The Morgan fingerprint density at radius 1 is 0.949 bits per heavy atom. The van der Waals surface area contributed by atoms with Crippen LogP contribution in [0, 0.1) is 0 Å². The van der Waals surface area contributed by atoms with Crippen LogP contribution in [-0.4, -0.2) is 47.0 Å². The molecular weight excluding hydrogens is 553 g/mol. The molecule has 0 bridgehead atoms. The van der Waals surface area contributed by atoms with Gasteiger partial charge < -0.3 is 16.0 Å². The van der Waals surface area contributed by atoms with Crippen LogP contribution < -0.4 is 20.9 Å². The number of nitrogens with one attached hydrogen (secondary N) is 3. The largest absolute Gasteiger partial charge is 0.446 e. The highest BCUT2D eigenvalue weighted by Crippen LogP contribution is 2.46. The number of alkyl halides is 3. The van der Waals surface area contributed by atoms with E-state index in [1.165, 1.54) is 12.1 Å². The van der Waals surface area contributed by atoms with Crippen molar-refractivity contribution in [3.63, 3.8) is 0 Å². The number of carbonyl (C=O) groups excluding carboxylic acids is 2. The molecule has 3 N–H and O–H groups in total. The van der Waals surface area contributed by atoms with Crippen molar-refractivity contribution in [1.29, 1.82) is 0 Å². The second kappa shape index (κ2) is 10.9. The molecule has 1 aromatic carbocycles. The molecule has 0 aliphatic carbocycles. The molecule has 2 aromatic heterocycles. The lowest BCUT2D eigenvalue weighted by Crippen LogP contribution is -2.55. The standard InChI is InChI=1S/C26H26ClF3N6O2S/c1-14(16-7-9-33-21(11-16)31-3)25(15(2)17-8-10-34-22(12-17)32-4)23(37)36(24(38)35-25)18-5-6-20(19(27)13-18)39-26(28,29)30/h5-15H,1-4H3,(H,31,33)(H,32,34)(H,35,38). The van der Waals surface area contributed by atoms with Gasteiger partial charge in [0.15, 0.2) is 0 Å². The number of anilines is 3. The van der Waals surface area contributed by atoms with E-state index >= 15 is 0 Å². The van der Waals surface area contributed by atoms with E-state index in [4.69, 9.17) is 11.6 Å². The molecule has 39 heavy (non-hydrogen) atoms. The predicted molar refractivity (Wildman–Crippen MR) is 147 cm³/mol. The summed E-state index contributed by atoms with van der Waals surface area (Å²) in [5.74, 6) is -0.495. The summed E-state index contributed by atoms with van der Waals surface area (Å²) in [5.41, 5.74) is -4.46. The Bertz CT molecular complexity index is 1350. The third-order valence-corrected chi connectivity index (χ3v) is 8.15. The molecule has 2 atom stereocenters. The highest BCUT2D eigenvalue weighted by atomic mass is 35.5. The van der Waals surface area contributed by atoms with Gasteiger partial charge in [0.2, 0.25) is 0 Å². The van der Waals surface area contributed by atoms with Crippen molar-refractivity contribution in [2.75, 3.05) is 29.6 Å². The van der Waals surface area contributed by atoms with Crippen LogP contribution in [0.1, 0.15) is 36.8 Å². The highest BCUT2D eigenvalue weighted by Gasteiger charge is 2.58. The lowest BCUT2D eigenvalue weighted by molar-refractivity contribution is -0.123. The number of carbonyl (C=O) groups is 2. The number of halogens is 4. The zero-order valence-electron chi connectivity index (χ0n) is 21.4. The topological polar surface area (TPSA) is 99.3 Å². The Kier molecular flexibility index (Phi) is 7.99. The maximum absolute atomic E-state index is 14.4. The summed E-state index contributed by atoms with van der Waals surface area (Å²) < 4.78 is 38.7. The van der Waals surface area contributed by atoms with Gasteiger partial charge in [-0.15, -0.1) is 0 Å². The first-order chi connectivity index (χ1) is 18.4. The van der Waals surface area contributed by atoms with E-state index in [0.717, 1.165) is 22.1 Å². The van der Waals surface area contributed by atoms with Gasteiger partial charge >= 0.3 is 11.5 Å². The lowest BCUT2D eigenvalue weighted by atomic mass is 9.70. The number of nitrogens with zero attached hydrogens (tertiary/aromatic N) is 3. The number of urea groups is 1. The molecule has 4 rings (SSSR count). The molecule has 1 aliphatic heterocycles. The predicted octanol–water partition coefficient (Wildman–Crippen LogP) is 6.23. The van der Waals surface area contributed by atoms with E-state index in [-0.39, 0.29) is 27.4 Å². The van der Waals surface area contributed by atoms with Crippen LogP contribution in [0.4, 0.5) is 35.3 Å². The Morgan fingerprint density at radius 3 is 1.95 bits per heavy atom. The van der Waals surface area contributed by atoms with Crippen molar-refractivity contribution in [1.82, 2.24) is 15.3 Å². The Morgan fingerprint density at radius 2 is 1.49 bits per heavy atom. The van der Waals surface area contributed by atoms with Gasteiger partial charge in [-0.05, 0) is 65.4 Å². The monoisotopic (exact) mass is 578 g/mol. The quantitative estimate of drug-likeness (QED) is 0.215. The van der Waals surface area contributed by atoms with Gasteiger partial charge in [-0.1, -0.05) is 25.4 Å². The van der Waals surface area contributed by atoms with Gasteiger partial charge in [-0.25, -0.2) is 19.7 Å². The minimum Gasteiger partial charge on any atom is -0.373 e. The molecule has 13 heteroatoms. The maximum Gasteiger partial charge on any atom is 0.446 e. The van der Waals surface area contributed by atoms with Gasteiger partial charge in [-0.2, -0.15) is 13.2 Å². The third kappa shape index (κ3) is 5.48. The normalized spacial score (nSPS) is 19.0. The zero-order valence-corrected chi connectivity index (χ0v) is 23.0. The number of benzene rings is 1. The number of thioether (sulfide) groups is 1. The molecule has 3 heterocycles. The van der Waals surface area contributed by atoms with E-state index in [1.807, 2.05) is 13.8 Å². The number of imide groups is 1. The minimum absolute atomic E-state index is 0.0617. The van der Waals surface area contributed by atoms with Crippen molar-refractivity contribution < 1.29 is 22.8 Å². The molecule has 3 amide bonds. The van der Waals surface area contributed by atoms with Crippen LogP contribution in [0.5, 0.6) is 0 Å². The molecule has 3 aromatic rings. The molecule has 0 saturated carbocycles. The summed E-state index contributed by atoms with van der Waals surface area (Å²) >= 11 is 5.78. The van der Waals surface area contributed by atoms with Crippen molar-refractivity contribution in [3.8, 4) is 0 Å². The number of hydrogen-bond donors (Lipinski definition) is 3. The van der Waals surface area contributed by atoms with E-state index in [1.54, 1.807) is 50.8 Å². The van der Waals surface area contributed by atoms with Gasteiger partial charge in [0.25, 0.3) is 5.91 Å². The average molecular weight is 579 g/mol. The van der Waals surface area contributed by atoms with Gasteiger partial charge in [0.1, 0.15) is 17.2 Å². The number of rotatable bonds is 8. The Labute approximate surface area is 232 Å². The molecule has 1 aliphatic rings. The van der Waals surface area contributed by atoms with Crippen molar-refractivity contribution in [3.05, 3.63) is 71.0 Å². The molecule has 206 valence electrons. The minimum atomic E-state index is -4.54. The molecule has 0 radical (unpaired) electrons. The molecular formula is C26H26ClF3N6O2S. The Balaban J connectivity index is 1.83. The van der Waals surface area contributed by atoms with Crippen molar-refractivity contribution >= 4 is 52.6 Å². The van der Waals surface area contributed by atoms with Crippen molar-refractivity contribution in [2.24, 2.45) is 0 Å². The second-order valence-electron chi connectivity index (χ2n) is 8.99. The first kappa shape index (κ1) is 28.5. The summed E-state index contributed by atoms with van der Waals surface area (Å²) in [5, 5.41) is 8.66. The lowest BCUT2D eigenvalue weighted by Gasteiger charge is -2.39. The summed E-state index contributed by atoms with van der Waals surface area (Å²) in [6, 6.07) is 10.0. The summed E-state index contributed by atoms with van der Waals surface area (Å²) in [7, 11) is 3.44. The second-order valence-corrected chi connectivity index (χ2v) is 10.5. The van der Waals surface area contributed by atoms with Crippen LogP contribution in [-0.2, 0) is 4.79 Å². The molecule has 1 fully saturated rings. The molecule has 8 nitrogen and oxygen atoms in total. The van der Waals surface area contributed by atoms with Gasteiger partial charge in [0.05, 0.1) is 10.7 Å². The molecule has 2 unspecified atom stereocenters. The van der Waals surface area contributed by atoms with E-state index in [0.29, 0.717) is 11.6 Å². The van der Waals surface area contributed by atoms with Crippen LogP contribution >= 0.6 is 23.4 Å². The summed E-state index contributed by atoms with van der Waals surface area (Å²) in [6.07, 6.45) is 3.22. The third-order valence-electron chi connectivity index (χ3n) is 6.92. The fourth-order valence-electron chi connectivity index (χ4n) is 4.83. The van der Waals surface area contributed by atoms with Crippen LogP contribution in [0.25, 0.3) is 0 Å². The van der Waals surface area contributed by atoms with Crippen molar-refractivity contribution in [2.45, 2.75) is 41.6 Å². The number of aromatic nitrogens is 2. The molecule has 0 spiro atoms. The van der Waals surface area contributed by atoms with Crippen LogP contribution in [0.2, 0.25) is 5.02 Å². The van der Waals surface area contributed by atoms with E-state index in [2.05, 4.69) is 25.9 Å². The number of amides is 3. The van der Waals surface area contributed by atoms with Gasteiger partial charge in [0, 0.05) is 43.2 Å². The van der Waals surface area contributed by atoms with E-state index in [9.17, 15) is 22.8 Å². The first-order valence-electron chi connectivity index (χ1n) is 11.9. The number of hydrogen-bond acceptors (Lipinski definition) is 7. The molecule has 1 saturated heterocycles. The fourth-order valence-corrected chi connectivity index (χ4v) is 5.66. The first-order valence-corrected chi connectivity index (χ1v) is 13.1. The maximum atomic E-state index is 14.4. The Hall–Kier alpha value is -3.51. The summed E-state index contributed by atoms with van der Waals surface area (Å²) in [4.78, 5) is 37.0. The van der Waals surface area contributed by atoms with E-state index < -0.39 is 34.8 Å². The van der Waals surface area contributed by atoms with Crippen LogP contribution in [0.3, 0.4) is 0 Å². The summed E-state index contributed by atoms with van der Waals surface area (Å²) in [6.45, 7) is 3.67.